The highest BCUT2D eigenvalue weighted by Crippen LogP contribution is 2.39. The van der Waals surface area contributed by atoms with E-state index in [0.29, 0.717) is 24.9 Å². The van der Waals surface area contributed by atoms with E-state index in [1.807, 2.05) is 0 Å². The number of benzene rings is 1. The number of nitrogens with zero attached hydrogens (tertiary/aromatic N) is 1. The number of aliphatic carboxylic acids is 1. The molecule has 2 N–H and O–H groups in total. The molecule has 27 heavy (non-hydrogen) atoms. The van der Waals surface area contributed by atoms with E-state index in [4.69, 9.17) is 5.11 Å². The molecule has 2 amide bonds. The summed E-state index contributed by atoms with van der Waals surface area (Å²) in [6, 6.07) is 4.03. The van der Waals surface area contributed by atoms with Crippen LogP contribution in [-0.4, -0.2) is 40.4 Å². The van der Waals surface area contributed by atoms with E-state index >= 15 is 0 Å². The Morgan fingerprint density at radius 3 is 2.63 bits per heavy atom. The second-order valence-electron chi connectivity index (χ2n) is 6.95. The lowest BCUT2D eigenvalue weighted by atomic mass is 10.0. The van der Waals surface area contributed by atoms with Crippen LogP contribution in [0.15, 0.2) is 24.3 Å². The number of alkyl halides is 3. The van der Waals surface area contributed by atoms with Gasteiger partial charge >= 0.3 is 12.1 Å². The minimum atomic E-state index is -4.45. The van der Waals surface area contributed by atoms with E-state index < -0.39 is 41.5 Å². The largest absolute Gasteiger partial charge is 0.481 e. The Morgan fingerprint density at radius 1 is 1.26 bits per heavy atom. The molecule has 3 rings (SSSR count). The number of likely N-dealkylation sites (tertiary alicyclic amines) is 1. The molecule has 0 spiro atoms. The van der Waals surface area contributed by atoms with Crippen LogP contribution in [0.4, 0.5) is 13.2 Å². The fraction of sp³-hybridized carbons (Fsp3) is 0.500. The summed E-state index contributed by atoms with van der Waals surface area (Å²) < 4.78 is 38.5. The van der Waals surface area contributed by atoms with Crippen LogP contribution in [0.25, 0.3) is 0 Å². The van der Waals surface area contributed by atoms with Crippen molar-refractivity contribution in [3.8, 4) is 0 Å². The highest BCUT2D eigenvalue weighted by molar-refractivity contribution is 5.93. The number of hydrogen-bond donors (Lipinski definition) is 2. The predicted octanol–water partition coefficient (Wildman–Crippen LogP) is 2.03. The van der Waals surface area contributed by atoms with Gasteiger partial charge in [0.2, 0.25) is 11.8 Å². The van der Waals surface area contributed by atoms with Gasteiger partial charge in [-0.05, 0) is 37.0 Å². The molecule has 0 aromatic heterocycles. The summed E-state index contributed by atoms with van der Waals surface area (Å²) in [4.78, 5) is 36.9. The Morgan fingerprint density at radius 2 is 2.00 bits per heavy atom. The molecule has 1 heterocycles. The maximum atomic E-state index is 12.8. The van der Waals surface area contributed by atoms with Gasteiger partial charge in [0.05, 0.1) is 17.4 Å². The van der Waals surface area contributed by atoms with Crippen molar-refractivity contribution in [1.29, 1.82) is 0 Å². The average Bonchev–Trinajstić information content (AvgIpc) is 3.39. The molecule has 0 bridgehead atoms. The van der Waals surface area contributed by atoms with Crippen molar-refractivity contribution < 1.29 is 32.7 Å². The van der Waals surface area contributed by atoms with Crippen LogP contribution in [-0.2, 0) is 27.1 Å². The number of carbonyl (C=O) groups excluding carboxylic acids is 2. The second kappa shape index (κ2) is 7.21. The predicted molar refractivity (Wildman–Crippen MR) is 87.3 cm³/mol. The maximum Gasteiger partial charge on any atom is 0.416 e. The van der Waals surface area contributed by atoms with E-state index in [0.717, 1.165) is 12.1 Å². The lowest BCUT2D eigenvalue weighted by Gasteiger charge is -2.33. The van der Waals surface area contributed by atoms with Gasteiger partial charge in [0.25, 0.3) is 0 Å². The molecule has 146 valence electrons. The second-order valence-corrected chi connectivity index (χ2v) is 6.95. The van der Waals surface area contributed by atoms with Crippen molar-refractivity contribution in [3.05, 3.63) is 35.4 Å². The summed E-state index contributed by atoms with van der Waals surface area (Å²) in [5.74, 6) is -3.17. The molecule has 2 fully saturated rings. The fourth-order valence-electron chi connectivity index (χ4n) is 3.33. The van der Waals surface area contributed by atoms with E-state index in [1.165, 1.54) is 17.0 Å². The molecular formula is C18H19F3N2O4. The summed E-state index contributed by atoms with van der Waals surface area (Å²) >= 11 is 0. The molecule has 1 saturated heterocycles. The number of carbonyl (C=O) groups is 3. The quantitative estimate of drug-likeness (QED) is 0.813. The molecule has 1 saturated carbocycles. The molecule has 1 aromatic carbocycles. The Kier molecular flexibility index (Phi) is 5.12. The number of carboxylic acid groups (broad SMARTS) is 1. The zero-order valence-corrected chi connectivity index (χ0v) is 14.3. The standard InChI is InChI=1S/C18H19F3N2O4/c19-18(20,21)11-4-1-3-10(7-11)9-23-6-2-5-14(16(23)25)22-15(24)12-8-13(12)17(26)27/h1,3-4,7,12-14H,2,5-6,8-9H2,(H,22,24)(H,26,27). The van der Waals surface area contributed by atoms with Gasteiger partial charge in [-0.2, -0.15) is 13.2 Å². The number of piperidine rings is 1. The van der Waals surface area contributed by atoms with Crippen molar-refractivity contribution in [2.45, 2.75) is 38.0 Å². The van der Waals surface area contributed by atoms with Crippen LogP contribution in [0.5, 0.6) is 0 Å². The number of carboxylic acids is 1. The van der Waals surface area contributed by atoms with Crippen molar-refractivity contribution in [3.63, 3.8) is 0 Å². The lowest BCUT2D eigenvalue weighted by Crippen LogP contribution is -2.52. The molecule has 1 aliphatic carbocycles. The molecular weight excluding hydrogens is 365 g/mol. The lowest BCUT2D eigenvalue weighted by molar-refractivity contribution is -0.141. The Bertz CT molecular complexity index is 765. The first-order valence-corrected chi connectivity index (χ1v) is 8.65. The summed E-state index contributed by atoms with van der Waals surface area (Å²) in [5.41, 5.74) is -0.416. The van der Waals surface area contributed by atoms with Gasteiger partial charge in [-0.3, -0.25) is 14.4 Å². The third kappa shape index (κ3) is 4.40. The summed E-state index contributed by atoms with van der Waals surface area (Å²) in [6.45, 7) is 0.416. The van der Waals surface area contributed by atoms with Gasteiger partial charge in [-0.25, -0.2) is 0 Å². The zero-order chi connectivity index (χ0) is 19.8. The molecule has 1 aromatic rings. The molecule has 2 aliphatic rings. The van der Waals surface area contributed by atoms with E-state index in [2.05, 4.69) is 5.32 Å². The molecule has 9 heteroatoms. The number of rotatable bonds is 5. The van der Waals surface area contributed by atoms with Crippen LogP contribution < -0.4 is 5.32 Å². The Balaban J connectivity index is 1.62. The molecule has 3 unspecified atom stereocenters. The zero-order valence-electron chi connectivity index (χ0n) is 14.3. The van der Waals surface area contributed by atoms with Crippen LogP contribution in [0, 0.1) is 11.8 Å². The van der Waals surface area contributed by atoms with Crippen molar-refractivity contribution in [2.24, 2.45) is 11.8 Å². The summed E-state index contributed by atoms with van der Waals surface area (Å²) in [7, 11) is 0. The average molecular weight is 384 g/mol. The molecule has 1 aliphatic heterocycles. The Labute approximate surface area is 153 Å². The Hall–Kier alpha value is -2.58. The minimum absolute atomic E-state index is 0.0241. The maximum absolute atomic E-state index is 12.8. The topological polar surface area (TPSA) is 86.7 Å². The van der Waals surface area contributed by atoms with Gasteiger partial charge in [-0.1, -0.05) is 12.1 Å². The van der Waals surface area contributed by atoms with Gasteiger partial charge in [0.1, 0.15) is 6.04 Å². The van der Waals surface area contributed by atoms with Crippen LogP contribution >= 0.6 is 0 Å². The minimum Gasteiger partial charge on any atom is -0.481 e. The fourth-order valence-corrected chi connectivity index (χ4v) is 3.33. The number of halogens is 3. The van der Waals surface area contributed by atoms with Gasteiger partial charge in [0, 0.05) is 13.1 Å². The highest BCUT2D eigenvalue weighted by atomic mass is 19.4. The van der Waals surface area contributed by atoms with E-state index in [1.54, 1.807) is 0 Å². The smallest absolute Gasteiger partial charge is 0.416 e. The van der Waals surface area contributed by atoms with Crippen molar-refractivity contribution in [1.82, 2.24) is 10.2 Å². The first-order chi connectivity index (χ1) is 12.7. The summed E-state index contributed by atoms with van der Waals surface area (Å²) in [6.07, 6.45) is -3.17. The molecule has 3 atom stereocenters. The molecule has 6 nitrogen and oxygen atoms in total. The number of nitrogens with one attached hydrogen (secondary N) is 1. The third-order valence-electron chi connectivity index (χ3n) is 4.92. The normalized spacial score (nSPS) is 25.2. The van der Waals surface area contributed by atoms with E-state index in [9.17, 15) is 27.6 Å². The molecule has 0 radical (unpaired) electrons. The summed E-state index contributed by atoms with van der Waals surface area (Å²) in [5, 5.41) is 11.5. The van der Waals surface area contributed by atoms with Gasteiger partial charge in [-0.15, -0.1) is 0 Å². The van der Waals surface area contributed by atoms with Crippen LogP contribution in [0.2, 0.25) is 0 Å². The van der Waals surface area contributed by atoms with Crippen LogP contribution in [0.1, 0.15) is 30.4 Å². The van der Waals surface area contributed by atoms with E-state index in [-0.39, 0.29) is 18.9 Å². The SMILES string of the molecule is O=C(O)C1CC1C(=O)NC1CCCN(Cc2cccc(C(F)(F)F)c2)C1=O. The number of amides is 2. The van der Waals surface area contributed by atoms with Crippen molar-refractivity contribution in [2.75, 3.05) is 6.54 Å². The van der Waals surface area contributed by atoms with Crippen molar-refractivity contribution >= 4 is 17.8 Å². The third-order valence-corrected chi connectivity index (χ3v) is 4.92. The van der Waals surface area contributed by atoms with Gasteiger partial charge in [0.15, 0.2) is 0 Å². The highest BCUT2D eigenvalue weighted by Gasteiger charge is 2.49. The number of hydrogen-bond acceptors (Lipinski definition) is 3. The monoisotopic (exact) mass is 384 g/mol. The first kappa shape index (κ1) is 19.2. The first-order valence-electron chi connectivity index (χ1n) is 8.65. The van der Waals surface area contributed by atoms with Crippen LogP contribution in [0.3, 0.4) is 0 Å². The van der Waals surface area contributed by atoms with Gasteiger partial charge < -0.3 is 15.3 Å².